The van der Waals surface area contributed by atoms with Gasteiger partial charge in [0.25, 0.3) is 5.91 Å². The summed E-state index contributed by atoms with van der Waals surface area (Å²) in [6.07, 6.45) is 3.36. The Morgan fingerprint density at radius 2 is 2.07 bits per heavy atom. The molecule has 142 valence electrons. The van der Waals surface area contributed by atoms with Crippen LogP contribution in [0.4, 0.5) is 5.13 Å². The van der Waals surface area contributed by atoms with Gasteiger partial charge in [0.1, 0.15) is 5.69 Å². The summed E-state index contributed by atoms with van der Waals surface area (Å²) in [4.78, 5) is 24.1. The first kappa shape index (κ1) is 18.6. The van der Waals surface area contributed by atoms with Crippen LogP contribution in [0.15, 0.2) is 54.9 Å². The number of anilines is 1. The van der Waals surface area contributed by atoms with E-state index in [4.69, 9.17) is 11.6 Å². The molecule has 1 amide bonds. The van der Waals surface area contributed by atoms with Crippen LogP contribution in [0, 0.1) is 0 Å². The van der Waals surface area contributed by atoms with Crippen molar-refractivity contribution in [3.8, 4) is 0 Å². The monoisotopic (exact) mass is 411 g/mol. The molecule has 0 radical (unpaired) electrons. The van der Waals surface area contributed by atoms with Gasteiger partial charge in [0.2, 0.25) is 0 Å². The third-order valence-electron chi connectivity index (χ3n) is 4.24. The summed E-state index contributed by atoms with van der Waals surface area (Å²) in [5, 5.41) is 5.54. The van der Waals surface area contributed by atoms with E-state index < -0.39 is 0 Å². The first-order valence-corrected chi connectivity index (χ1v) is 10.0. The summed E-state index contributed by atoms with van der Waals surface area (Å²) in [5.41, 5.74) is 2.10. The second-order valence-electron chi connectivity index (χ2n) is 6.58. The number of halogens is 1. The number of aromatic nitrogens is 4. The lowest BCUT2D eigenvalue weighted by atomic mass is 10.3. The summed E-state index contributed by atoms with van der Waals surface area (Å²) < 4.78 is 2.65. The normalized spacial score (nSPS) is 11.3. The minimum absolute atomic E-state index is 0.0693. The molecular weight excluding hydrogens is 394 g/mol. The average Bonchev–Trinajstić information content (AvgIpc) is 3.33. The lowest BCUT2D eigenvalue weighted by Crippen LogP contribution is -2.32. The lowest BCUT2D eigenvalue weighted by molar-refractivity contribution is 0.0972. The Hall–Kier alpha value is -2.77. The van der Waals surface area contributed by atoms with Gasteiger partial charge in [-0.25, -0.2) is 4.98 Å². The summed E-state index contributed by atoms with van der Waals surface area (Å²) in [5.74, 6) is -0.165. The zero-order valence-electron chi connectivity index (χ0n) is 15.4. The molecule has 0 aliphatic rings. The van der Waals surface area contributed by atoms with E-state index in [2.05, 4.69) is 15.1 Å². The van der Waals surface area contributed by atoms with Crippen molar-refractivity contribution in [1.82, 2.24) is 19.7 Å². The fraction of sp³-hybridized carbons (Fsp3) is 0.200. The molecule has 3 heterocycles. The zero-order valence-corrected chi connectivity index (χ0v) is 17.0. The van der Waals surface area contributed by atoms with Gasteiger partial charge in [-0.05, 0) is 50.2 Å². The van der Waals surface area contributed by atoms with Crippen molar-refractivity contribution in [2.75, 3.05) is 4.90 Å². The van der Waals surface area contributed by atoms with E-state index in [1.807, 2.05) is 44.2 Å². The third kappa shape index (κ3) is 3.63. The SMILES string of the molecule is CC(C)n1nccc1C(=O)N(Cc1ccccn1)c1nc2ccc(Cl)cc2s1. The van der Waals surface area contributed by atoms with Crippen LogP contribution in [-0.2, 0) is 6.54 Å². The maximum absolute atomic E-state index is 13.5. The van der Waals surface area contributed by atoms with E-state index in [0.29, 0.717) is 22.4 Å². The Balaban J connectivity index is 1.78. The molecule has 0 aliphatic heterocycles. The molecule has 1 aromatic carbocycles. The highest BCUT2D eigenvalue weighted by molar-refractivity contribution is 7.22. The van der Waals surface area contributed by atoms with Crippen molar-refractivity contribution in [2.24, 2.45) is 0 Å². The maximum Gasteiger partial charge on any atom is 0.278 e. The van der Waals surface area contributed by atoms with E-state index in [-0.39, 0.29) is 11.9 Å². The van der Waals surface area contributed by atoms with Gasteiger partial charge < -0.3 is 0 Å². The van der Waals surface area contributed by atoms with Gasteiger partial charge >= 0.3 is 0 Å². The largest absolute Gasteiger partial charge is 0.278 e. The summed E-state index contributed by atoms with van der Waals surface area (Å²) in [7, 11) is 0. The molecule has 3 aromatic heterocycles. The highest BCUT2D eigenvalue weighted by atomic mass is 35.5. The first-order valence-electron chi connectivity index (χ1n) is 8.84. The number of nitrogens with zero attached hydrogens (tertiary/aromatic N) is 5. The molecule has 0 fully saturated rings. The smallest absolute Gasteiger partial charge is 0.277 e. The summed E-state index contributed by atoms with van der Waals surface area (Å²) in [6.45, 7) is 4.30. The number of thiazole rings is 1. The summed E-state index contributed by atoms with van der Waals surface area (Å²) in [6, 6.07) is 13.0. The molecular formula is C20H18ClN5OS. The van der Waals surface area contributed by atoms with Crippen LogP contribution in [0.1, 0.15) is 36.1 Å². The fourth-order valence-corrected chi connectivity index (χ4v) is 4.15. The molecule has 0 bridgehead atoms. The van der Waals surface area contributed by atoms with Crippen LogP contribution >= 0.6 is 22.9 Å². The van der Waals surface area contributed by atoms with Crippen LogP contribution in [-0.4, -0.2) is 25.7 Å². The Labute approximate surface area is 171 Å². The number of carbonyl (C=O) groups excluding carboxylic acids is 1. The molecule has 0 N–H and O–H groups in total. The molecule has 0 atom stereocenters. The number of fused-ring (bicyclic) bond motifs is 1. The number of carbonyl (C=O) groups is 1. The second kappa shape index (κ2) is 7.69. The number of benzene rings is 1. The van der Waals surface area contributed by atoms with Gasteiger partial charge in [-0.15, -0.1) is 0 Å². The number of rotatable bonds is 5. The van der Waals surface area contributed by atoms with Crippen LogP contribution in [0.25, 0.3) is 10.2 Å². The van der Waals surface area contributed by atoms with Crippen molar-refractivity contribution in [1.29, 1.82) is 0 Å². The van der Waals surface area contributed by atoms with Gasteiger partial charge in [-0.2, -0.15) is 5.10 Å². The van der Waals surface area contributed by atoms with Crippen LogP contribution in [0.3, 0.4) is 0 Å². The number of hydrogen-bond acceptors (Lipinski definition) is 5. The summed E-state index contributed by atoms with van der Waals surface area (Å²) >= 11 is 7.54. The Morgan fingerprint density at radius 3 is 2.82 bits per heavy atom. The van der Waals surface area contributed by atoms with Crippen LogP contribution in [0.2, 0.25) is 5.02 Å². The molecule has 8 heteroatoms. The van der Waals surface area contributed by atoms with E-state index in [9.17, 15) is 4.79 Å². The van der Waals surface area contributed by atoms with Crippen molar-refractivity contribution >= 4 is 44.2 Å². The Bertz CT molecular complexity index is 1120. The van der Waals surface area contributed by atoms with Crippen molar-refractivity contribution in [3.05, 3.63) is 71.3 Å². The molecule has 0 saturated heterocycles. The van der Waals surface area contributed by atoms with Crippen molar-refractivity contribution < 1.29 is 4.79 Å². The molecule has 0 spiro atoms. The van der Waals surface area contributed by atoms with E-state index in [1.165, 1.54) is 11.3 Å². The topological polar surface area (TPSA) is 63.9 Å². The molecule has 6 nitrogen and oxygen atoms in total. The Morgan fingerprint density at radius 1 is 1.21 bits per heavy atom. The number of pyridine rings is 1. The van der Waals surface area contributed by atoms with Crippen molar-refractivity contribution in [2.45, 2.75) is 26.4 Å². The van der Waals surface area contributed by atoms with Crippen LogP contribution in [0.5, 0.6) is 0 Å². The molecule has 0 unspecified atom stereocenters. The minimum atomic E-state index is -0.165. The molecule has 0 aliphatic carbocycles. The maximum atomic E-state index is 13.5. The van der Waals surface area contributed by atoms with E-state index in [0.717, 1.165) is 15.9 Å². The van der Waals surface area contributed by atoms with Gasteiger partial charge in [-0.3, -0.25) is 19.4 Å². The van der Waals surface area contributed by atoms with Gasteiger partial charge in [0.15, 0.2) is 5.13 Å². The molecule has 4 rings (SSSR count). The molecule has 28 heavy (non-hydrogen) atoms. The predicted molar refractivity (Wildman–Crippen MR) is 112 cm³/mol. The van der Waals surface area contributed by atoms with E-state index in [1.54, 1.807) is 34.1 Å². The van der Waals surface area contributed by atoms with Crippen molar-refractivity contribution in [3.63, 3.8) is 0 Å². The Kier molecular flexibility index (Phi) is 5.11. The van der Waals surface area contributed by atoms with E-state index >= 15 is 0 Å². The molecule has 4 aromatic rings. The first-order chi connectivity index (χ1) is 13.5. The predicted octanol–water partition coefficient (Wildman–Crippen LogP) is 4.97. The standard InChI is InChI=1S/C20H18ClN5OS/c1-13(2)26-17(8-10-23-26)19(27)25(12-15-5-3-4-9-22-15)20-24-16-7-6-14(21)11-18(16)28-20/h3-11,13H,12H2,1-2H3. The third-order valence-corrected chi connectivity index (χ3v) is 5.52. The van der Waals surface area contributed by atoms with Gasteiger partial charge in [0, 0.05) is 23.5 Å². The number of hydrogen-bond donors (Lipinski definition) is 0. The highest BCUT2D eigenvalue weighted by Crippen LogP contribution is 2.32. The number of amides is 1. The molecule has 0 saturated carbocycles. The highest BCUT2D eigenvalue weighted by Gasteiger charge is 2.25. The lowest BCUT2D eigenvalue weighted by Gasteiger charge is -2.21. The van der Waals surface area contributed by atoms with Gasteiger partial charge in [0.05, 0.1) is 22.5 Å². The average molecular weight is 412 g/mol. The van der Waals surface area contributed by atoms with Crippen LogP contribution < -0.4 is 4.90 Å². The quantitative estimate of drug-likeness (QED) is 0.465. The minimum Gasteiger partial charge on any atom is -0.277 e. The van der Waals surface area contributed by atoms with Gasteiger partial charge in [-0.1, -0.05) is 29.0 Å². The second-order valence-corrected chi connectivity index (χ2v) is 8.02. The fourth-order valence-electron chi connectivity index (χ4n) is 2.92. The zero-order chi connectivity index (χ0) is 19.7.